The average molecular weight is 197 g/mol. The van der Waals surface area contributed by atoms with Crippen molar-refractivity contribution in [3.63, 3.8) is 0 Å². The van der Waals surface area contributed by atoms with Crippen molar-refractivity contribution in [2.24, 2.45) is 16.8 Å². The molecule has 2 nitrogen and oxygen atoms in total. The van der Waals surface area contributed by atoms with Crippen molar-refractivity contribution in [3.8, 4) is 0 Å². The Morgan fingerprint density at radius 3 is 1.93 bits per heavy atom. The number of hydrogen-bond acceptors (Lipinski definition) is 2. The highest BCUT2D eigenvalue weighted by Gasteiger charge is 2.10. The van der Waals surface area contributed by atoms with E-state index in [-0.39, 0.29) is 0 Å². The van der Waals surface area contributed by atoms with Crippen LogP contribution < -0.4 is 0 Å². The van der Waals surface area contributed by atoms with Crippen LogP contribution in [0.4, 0.5) is 0 Å². The van der Waals surface area contributed by atoms with Gasteiger partial charge in [-0.05, 0) is 18.3 Å². The molecule has 82 valence electrons. The highest BCUT2D eigenvalue weighted by molar-refractivity contribution is 6.02. The van der Waals surface area contributed by atoms with Crippen LogP contribution in [0.3, 0.4) is 0 Å². The van der Waals surface area contributed by atoms with Crippen LogP contribution in [0.5, 0.6) is 0 Å². The molecule has 0 rings (SSSR count). The lowest BCUT2D eigenvalue weighted by Gasteiger charge is -2.08. The van der Waals surface area contributed by atoms with E-state index >= 15 is 0 Å². The molecule has 0 N–H and O–H groups in total. The van der Waals surface area contributed by atoms with Gasteiger partial charge < -0.3 is 0 Å². The van der Waals surface area contributed by atoms with Gasteiger partial charge in [0.25, 0.3) is 0 Å². The van der Waals surface area contributed by atoms with Gasteiger partial charge in [0.2, 0.25) is 0 Å². The molecule has 0 saturated carbocycles. The minimum atomic E-state index is 0.321. The second-order valence-corrected chi connectivity index (χ2v) is 4.70. The number of hydrogen-bond donors (Lipinski definition) is 0. The molecule has 0 amide bonds. The van der Waals surface area contributed by atoms with E-state index in [1.54, 1.807) is 7.05 Å². The van der Waals surface area contributed by atoms with Crippen LogP contribution in [0, 0.1) is 11.8 Å². The van der Waals surface area contributed by atoms with E-state index in [1.807, 2.05) is 0 Å². The lowest BCUT2D eigenvalue weighted by molar-refractivity contribution is -0.118. The van der Waals surface area contributed by atoms with Gasteiger partial charge in [-0.25, -0.2) is 0 Å². The Balaban J connectivity index is 4.00. The van der Waals surface area contributed by atoms with Crippen LogP contribution in [0.1, 0.15) is 47.0 Å². The molecule has 0 bridgehead atoms. The Labute approximate surface area is 87.8 Å². The Hall–Kier alpha value is -0.660. The molecule has 0 unspecified atom stereocenters. The zero-order valence-corrected chi connectivity index (χ0v) is 10.1. The zero-order valence-electron chi connectivity index (χ0n) is 10.1. The fourth-order valence-corrected chi connectivity index (χ4v) is 1.47. The Kier molecular flexibility index (Phi) is 6.43. The van der Waals surface area contributed by atoms with Crippen LogP contribution in [-0.4, -0.2) is 18.5 Å². The highest BCUT2D eigenvalue weighted by Crippen LogP contribution is 2.08. The molecule has 0 aromatic carbocycles. The van der Waals surface area contributed by atoms with Gasteiger partial charge >= 0.3 is 0 Å². The first-order valence-electron chi connectivity index (χ1n) is 5.42. The van der Waals surface area contributed by atoms with Gasteiger partial charge in [0, 0.05) is 25.6 Å². The van der Waals surface area contributed by atoms with Crippen LogP contribution >= 0.6 is 0 Å². The smallest absolute Gasteiger partial charge is 0.138 e. The number of carbonyl (C=O) groups excluding carboxylic acids is 1. The molecule has 0 saturated heterocycles. The molecule has 0 heterocycles. The molecule has 0 spiro atoms. The van der Waals surface area contributed by atoms with Crippen LogP contribution in [0.2, 0.25) is 0 Å². The summed E-state index contributed by atoms with van der Waals surface area (Å²) in [7, 11) is 1.78. The standard InChI is InChI=1S/C12H23NO/c1-9(2)6-11(13-5)8-12(14)7-10(3)4/h9-10H,6-8H2,1-5H3/b13-11-. The number of rotatable bonds is 6. The monoisotopic (exact) mass is 197 g/mol. The number of nitrogens with zero attached hydrogens (tertiary/aromatic N) is 1. The second kappa shape index (κ2) is 6.74. The fourth-order valence-electron chi connectivity index (χ4n) is 1.47. The third-order valence-electron chi connectivity index (χ3n) is 2.00. The van der Waals surface area contributed by atoms with E-state index in [0.717, 1.165) is 12.1 Å². The lowest BCUT2D eigenvalue weighted by atomic mass is 9.98. The van der Waals surface area contributed by atoms with Crippen molar-refractivity contribution >= 4 is 11.5 Å². The largest absolute Gasteiger partial charge is 0.299 e. The van der Waals surface area contributed by atoms with Gasteiger partial charge in [-0.2, -0.15) is 0 Å². The predicted octanol–water partition coefficient (Wildman–Crippen LogP) is 3.11. The maximum Gasteiger partial charge on any atom is 0.138 e. The van der Waals surface area contributed by atoms with Crippen molar-refractivity contribution in [2.75, 3.05) is 7.05 Å². The van der Waals surface area contributed by atoms with Gasteiger partial charge in [0.15, 0.2) is 0 Å². The summed E-state index contributed by atoms with van der Waals surface area (Å²) in [6.07, 6.45) is 2.17. The van der Waals surface area contributed by atoms with Crippen LogP contribution in [-0.2, 0) is 4.79 Å². The fraction of sp³-hybridized carbons (Fsp3) is 0.833. The molecule has 2 heteroatoms. The summed E-state index contributed by atoms with van der Waals surface area (Å²) >= 11 is 0. The van der Waals surface area contributed by atoms with Gasteiger partial charge in [-0.1, -0.05) is 27.7 Å². The SMILES string of the molecule is C/N=C(\CC(=O)CC(C)C)CC(C)C. The molecule has 0 aliphatic carbocycles. The Morgan fingerprint density at radius 2 is 1.57 bits per heavy atom. The second-order valence-electron chi connectivity index (χ2n) is 4.70. The predicted molar refractivity (Wildman–Crippen MR) is 61.9 cm³/mol. The molecule has 14 heavy (non-hydrogen) atoms. The summed E-state index contributed by atoms with van der Waals surface area (Å²) in [6.45, 7) is 8.45. The normalized spacial score (nSPS) is 12.6. The van der Waals surface area contributed by atoms with Gasteiger partial charge in [-0.15, -0.1) is 0 Å². The zero-order chi connectivity index (χ0) is 11.1. The molecular formula is C12H23NO. The first-order chi connectivity index (χ1) is 6.45. The molecule has 0 aromatic heterocycles. The molecule has 0 aromatic rings. The summed E-state index contributed by atoms with van der Waals surface area (Å²) in [6, 6.07) is 0. The molecule has 0 aliphatic heterocycles. The van der Waals surface area contributed by atoms with Crippen molar-refractivity contribution in [2.45, 2.75) is 47.0 Å². The summed E-state index contributed by atoms with van der Waals surface area (Å²) in [5, 5.41) is 0. The van der Waals surface area contributed by atoms with E-state index in [4.69, 9.17) is 0 Å². The van der Waals surface area contributed by atoms with Crippen molar-refractivity contribution in [1.29, 1.82) is 0 Å². The Morgan fingerprint density at radius 1 is 1.07 bits per heavy atom. The van der Waals surface area contributed by atoms with Gasteiger partial charge in [0.1, 0.15) is 5.78 Å². The van der Waals surface area contributed by atoms with E-state index in [1.165, 1.54) is 0 Å². The maximum absolute atomic E-state index is 11.5. The van der Waals surface area contributed by atoms with Gasteiger partial charge in [0.05, 0.1) is 0 Å². The molecule has 0 atom stereocenters. The summed E-state index contributed by atoms with van der Waals surface area (Å²) in [4.78, 5) is 15.7. The quantitative estimate of drug-likeness (QED) is 0.602. The number of Topliss-reactive ketones (excluding diaryl/α,β-unsaturated/α-hetero) is 1. The molecule has 0 aliphatic rings. The minimum absolute atomic E-state index is 0.321. The van der Waals surface area contributed by atoms with Crippen LogP contribution in [0.25, 0.3) is 0 Å². The first kappa shape index (κ1) is 13.3. The van der Waals surface area contributed by atoms with Crippen molar-refractivity contribution in [1.82, 2.24) is 0 Å². The highest BCUT2D eigenvalue weighted by atomic mass is 16.1. The van der Waals surface area contributed by atoms with E-state index in [2.05, 4.69) is 32.7 Å². The summed E-state index contributed by atoms with van der Waals surface area (Å²) in [5.74, 6) is 1.36. The number of aliphatic imine (C=N–C) groups is 1. The maximum atomic E-state index is 11.5. The van der Waals surface area contributed by atoms with E-state index in [0.29, 0.717) is 30.5 Å². The summed E-state index contributed by atoms with van der Waals surface area (Å²) in [5.41, 5.74) is 1.05. The first-order valence-corrected chi connectivity index (χ1v) is 5.42. The third kappa shape index (κ3) is 6.81. The molecule has 0 radical (unpaired) electrons. The Bertz CT molecular complexity index is 204. The van der Waals surface area contributed by atoms with Gasteiger partial charge in [-0.3, -0.25) is 9.79 Å². The average Bonchev–Trinajstić information content (AvgIpc) is 2.00. The molecular weight excluding hydrogens is 174 g/mol. The van der Waals surface area contributed by atoms with Crippen molar-refractivity contribution in [3.05, 3.63) is 0 Å². The van der Waals surface area contributed by atoms with E-state index in [9.17, 15) is 4.79 Å². The third-order valence-corrected chi connectivity index (χ3v) is 2.00. The lowest BCUT2D eigenvalue weighted by Crippen LogP contribution is -2.12. The van der Waals surface area contributed by atoms with Crippen LogP contribution in [0.15, 0.2) is 4.99 Å². The topological polar surface area (TPSA) is 29.4 Å². The summed E-state index contributed by atoms with van der Waals surface area (Å²) < 4.78 is 0. The molecule has 0 fully saturated rings. The minimum Gasteiger partial charge on any atom is -0.299 e. The number of ketones is 1. The van der Waals surface area contributed by atoms with Crippen molar-refractivity contribution < 1.29 is 4.79 Å². The van der Waals surface area contributed by atoms with E-state index < -0.39 is 0 Å². The number of carbonyl (C=O) groups is 1.